The van der Waals surface area contributed by atoms with E-state index in [4.69, 9.17) is 9.15 Å². The molecule has 4 rings (SSSR count). The number of fused-ring (bicyclic) bond motifs is 2. The van der Waals surface area contributed by atoms with E-state index in [9.17, 15) is 14.4 Å². The van der Waals surface area contributed by atoms with E-state index in [0.29, 0.717) is 11.0 Å². The Labute approximate surface area is 161 Å². The van der Waals surface area contributed by atoms with Crippen molar-refractivity contribution in [1.29, 1.82) is 0 Å². The molecule has 0 aliphatic carbocycles. The van der Waals surface area contributed by atoms with Crippen molar-refractivity contribution < 1.29 is 18.7 Å². The van der Waals surface area contributed by atoms with Crippen LogP contribution in [0, 0.1) is 6.92 Å². The Balaban J connectivity index is 1.50. The lowest BCUT2D eigenvalue weighted by molar-refractivity contribution is -0.122. The van der Waals surface area contributed by atoms with Gasteiger partial charge in [0.1, 0.15) is 5.58 Å². The van der Waals surface area contributed by atoms with Crippen molar-refractivity contribution in [2.75, 3.05) is 11.5 Å². The summed E-state index contributed by atoms with van der Waals surface area (Å²) in [4.78, 5) is 38.8. The Morgan fingerprint density at radius 1 is 1.18 bits per heavy atom. The molecule has 2 aromatic carbocycles. The Bertz CT molecular complexity index is 1150. The number of para-hydroxylation sites is 1. The molecule has 1 aliphatic rings. The fraction of sp³-hybridized carbons (Fsp3) is 0.227. The van der Waals surface area contributed by atoms with Gasteiger partial charge in [-0.1, -0.05) is 29.8 Å². The number of ether oxygens (including phenoxy) is 1. The number of aryl methyl sites for hydroxylation is 1. The van der Waals surface area contributed by atoms with Crippen LogP contribution in [0.1, 0.15) is 28.6 Å². The third-order valence-electron chi connectivity index (χ3n) is 4.89. The number of esters is 1. The van der Waals surface area contributed by atoms with Crippen molar-refractivity contribution in [2.24, 2.45) is 0 Å². The van der Waals surface area contributed by atoms with Crippen molar-refractivity contribution in [1.82, 2.24) is 0 Å². The zero-order valence-corrected chi connectivity index (χ0v) is 15.6. The third kappa shape index (κ3) is 3.17. The topological polar surface area (TPSA) is 76.8 Å². The van der Waals surface area contributed by atoms with E-state index >= 15 is 0 Å². The molecule has 0 radical (unpaired) electrons. The van der Waals surface area contributed by atoms with Crippen molar-refractivity contribution in [3.63, 3.8) is 0 Å². The summed E-state index contributed by atoms with van der Waals surface area (Å²) in [6.45, 7) is 3.39. The third-order valence-corrected chi connectivity index (χ3v) is 4.89. The molecule has 1 amide bonds. The Kier molecular flexibility index (Phi) is 4.47. The largest absolute Gasteiger partial charge is 0.450 e. The van der Waals surface area contributed by atoms with Gasteiger partial charge >= 0.3 is 5.97 Å². The van der Waals surface area contributed by atoms with Crippen LogP contribution >= 0.6 is 0 Å². The summed E-state index contributed by atoms with van der Waals surface area (Å²) in [5.41, 5.74) is 2.82. The molecule has 2 heterocycles. The van der Waals surface area contributed by atoms with Crippen LogP contribution in [0.15, 0.2) is 57.7 Å². The summed E-state index contributed by atoms with van der Waals surface area (Å²) in [7, 11) is 0. The van der Waals surface area contributed by atoms with Gasteiger partial charge in [0.05, 0.1) is 5.39 Å². The van der Waals surface area contributed by atoms with Gasteiger partial charge in [0.2, 0.25) is 5.76 Å². The smallest absolute Gasteiger partial charge is 0.374 e. The monoisotopic (exact) mass is 377 g/mol. The molecule has 3 aromatic rings. The van der Waals surface area contributed by atoms with Gasteiger partial charge in [0.15, 0.2) is 12.0 Å². The molecule has 0 unspecified atom stereocenters. The maximum absolute atomic E-state index is 12.6. The molecular weight excluding hydrogens is 358 g/mol. The van der Waals surface area contributed by atoms with E-state index in [2.05, 4.69) is 0 Å². The molecule has 1 atom stereocenters. The lowest BCUT2D eigenvalue weighted by Crippen LogP contribution is -2.38. The van der Waals surface area contributed by atoms with E-state index in [1.54, 1.807) is 23.1 Å². The summed E-state index contributed by atoms with van der Waals surface area (Å²) >= 11 is 0. The molecule has 0 saturated carbocycles. The Morgan fingerprint density at radius 3 is 2.79 bits per heavy atom. The van der Waals surface area contributed by atoms with Gasteiger partial charge in [-0.2, -0.15) is 0 Å². The SMILES string of the molecule is Cc1ccc2oc(C(=O)OCC(=O)N3c4ccccc4C[C@@H]3C)cc(=O)c2c1. The molecule has 0 bridgehead atoms. The quantitative estimate of drug-likeness (QED) is 0.655. The predicted octanol–water partition coefficient (Wildman–Crippen LogP) is 3.24. The average molecular weight is 377 g/mol. The second-order valence-electron chi connectivity index (χ2n) is 7.00. The normalized spacial score (nSPS) is 15.5. The van der Waals surface area contributed by atoms with Crippen LogP contribution in [0.2, 0.25) is 0 Å². The number of anilines is 1. The highest BCUT2D eigenvalue weighted by Crippen LogP contribution is 2.31. The lowest BCUT2D eigenvalue weighted by atomic mass is 10.1. The van der Waals surface area contributed by atoms with Gasteiger partial charge in [0.25, 0.3) is 5.91 Å². The fourth-order valence-corrected chi connectivity index (χ4v) is 3.58. The highest BCUT2D eigenvalue weighted by Gasteiger charge is 2.31. The first-order valence-electron chi connectivity index (χ1n) is 9.05. The van der Waals surface area contributed by atoms with E-state index in [0.717, 1.165) is 29.3 Å². The highest BCUT2D eigenvalue weighted by molar-refractivity contribution is 5.98. The van der Waals surface area contributed by atoms with Crippen LogP contribution in [0.4, 0.5) is 5.69 Å². The summed E-state index contributed by atoms with van der Waals surface area (Å²) in [5.74, 6) is -1.37. The molecule has 28 heavy (non-hydrogen) atoms. The molecule has 0 fully saturated rings. The van der Waals surface area contributed by atoms with Crippen LogP contribution in [0.5, 0.6) is 0 Å². The van der Waals surface area contributed by atoms with Gasteiger partial charge < -0.3 is 14.1 Å². The second-order valence-corrected chi connectivity index (χ2v) is 7.00. The Morgan fingerprint density at radius 2 is 1.96 bits per heavy atom. The van der Waals surface area contributed by atoms with Crippen LogP contribution in [-0.2, 0) is 16.0 Å². The van der Waals surface area contributed by atoms with Crippen molar-refractivity contribution in [3.8, 4) is 0 Å². The Hall–Kier alpha value is -3.41. The molecule has 0 saturated heterocycles. The van der Waals surface area contributed by atoms with E-state index in [-0.39, 0.29) is 23.1 Å². The maximum Gasteiger partial charge on any atom is 0.374 e. The lowest BCUT2D eigenvalue weighted by Gasteiger charge is -2.22. The van der Waals surface area contributed by atoms with Crippen molar-refractivity contribution in [2.45, 2.75) is 26.3 Å². The molecule has 6 heteroatoms. The van der Waals surface area contributed by atoms with Gasteiger partial charge in [-0.3, -0.25) is 9.59 Å². The van der Waals surface area contributed by atoms with Crippen LogP contribution < -0.4 is 10.3 Å². The summed E-state index contributed by atoms with van der Waals surface area (Å²) in [5, 5.41) is 0.398. The predicted molar refractivity (Wildman–Crippen MR) is 105 cm³/mol. The minimum Gasteiger partial charge on any atom is -0.450 e. The molecule has 0 spiro atoms. The number of amides is 1. The molecular formula is C22H19NO5. The number of carbonyl (C=O) groups is 2. The minimum atomic E-state index is -0.840. The van der Waals surface area contributed by atoms with E-state index in [1.807, 2.05) is 38.1 Å². The van der Waals surface area contributed by atoms with Gasteiger partial charge in [-0.15, -0.1) is 0 Å². The number of benzene rings is 2. The van der Waals surface area contributed by atoms with Crippen LogP contribution in [-0.4, -0.2) is 24.5 Å². The van der Waals surface area contributed by atoms with Gasteiger partial charge in [-0.25, -0.2) is 4.79 Å². The maximum atomic E-state index is 12.6. The first-order chi connectivity index (χ1) is 13.4. The fourth-order valence-electron chi connectivity index (χ4n) is 3.58. The first kappa shape index (κ1) is 18.0. The molecule has 1 aliphatic heterocycles. The number of hydrogen-bond acceptors (Lipinski definition) is 5. The van der Waals surface area contributed by atoms with Gasteiger partial charge in [-0.05, 0) is 44.0 Å². The van der Waals surface area contributed by atoms with Crippen molar-refractivity contribution in [3.05, 3.63) is 75.6 Å². The number of rotatable bonds is 3. The average Bonchev–Trinajstić information content (AvgIpc) is 3.02. The van der Waals surface area contributed by atoms with Crippen LogP contribution in [0.3, 0.4) is 0 Å². The molecule has 1 aromatic heterocycles. The number of hydrogen-bond donors (Lipinski definition) is 0. The standard InChI is InChI=1S/C22H19NO5/c1-13-7-8-19-16(9-13)18(24)11-20(28-19)22(26)27-12-21(25)23-14(2)10-15-5-3-4-6-17(15)23/h3-9,11,14H,10,12H2,1-2H3/t14-/m0/s1. The highest BCUT2D eigenvalue weighted by atomic mass is 16.5. The summed E-state index contributed by atoms with van der Waals surface area (Å²) in [6.07, 6.45) is 0.759. The van der Waals surface area contributed by atoms with Gasteiger partial charge in [0, 0.05) is 17.8 Å². The zero-order chi connectivity index (χ0) is 19.8. The summed E-state index contributed by atoms with van der Waals surface area (Å²) < 4.78 is 10.6. The number of carbonyl (C=O) groups excluding carboxylic acids is 2. The van der Waals surface area contributed by atoms with E-state index in [1.165, 1.54) is 0 Å². The molecule has 142 valence electrons. The summed E-state index contributed by atoms with van der Waals surface area (Å²) in [6, 6.07) is 13.9. The van der Waals surface area contributed by atoms with Crippen molar-refractivity contribution >= 4 is 28.5 Å². The van der Waals surface area contributed by atoms with Crippen LogP contribution in [0.25, 0.3) is 11.0 Å². The molecule has 6 nitrogen and oxygen atoms in total. The molecule has 0 N–H and O–H groups in total. The zero-order valence-electron chi connectivity index (χ0n) is 15.6. The first-order valence-corrected chi connectivity index (χ1v) is 9.05. The second kappa shape index (κ2) is 6.96. The minimum absolute atomic E-state index is 0.00885. The van der Waals surface area contributed by atoms with E-state index < -0.39 is 12.6 Å². The number of nitrogens with zero attached hydrogens (tertiary/aromatic N) is 1.